The lowest BCUT2D eigenvalue weighted by molar-refractivity contribution is -0.119. The van der Waals surface area contributed by atoms with E-state index in [-0.39, 0.29) is 40.0 Å². The number of hydrogen-bond donors (Lipinski definition) is 2. The Balaban J connectivity index is 1.57. The number of para-hydroxylation sites is 1. The van der Waals surface area contributed by atoms with Crippen LogP contribution in [0.2, 0.25) is 0 Å². The van der Waals surface area contributed by atoms with Crippen LogP contribution >= 0.6 is 0 Å². The number of ether oxygens (including phenoxy) is 3. The van der Waals surface area contributed by atoms with Gasteiger partial charge in [0, 0.05) is 11.6 Å². The first kappa shape index (κ1) is 25.8. The highest BCUT2D eigenvalue weighted by Gasteiger charge is 2.29. The molecule has 1 aliphatic rings. The molecule has 0 saturated carbocycles. The maximum Gasteiger partial charge on any atom is 0.264 e. The lowest BCUT2D eigenvalue weighted by Gasteiger charge is -2.25. The first-order valence-corrected chi connectivity index (χ1v) is 12.7. The molecule has 0 aromatic heterocycles. The van der Waals surface area contributed by atoms with Gasteiger partial charge in [-0.2, -0.15) is 5.10 Å². The molecule has 3 aromatic rings. The molecule has 12 heteroatoms. The summed E-state index contributed by atoms with van der Waals surface area (Å²) in [7, 11) is -4.29. The summed E-state index contributed by atoms with van der Waals surface area (Å²) in [6.07, 6.45) is 1.20. The van der Waals surface area contributed by atoms with Crippen molar-refractivity contribution in [3.05, 3.63) is 72.0 Å². The van der Waals surface area contributed by atoms with Crippen LogP contribution in [0.1, 0.15) is 12.5 Å². The number of halogens is 1. The fraction of sp³-hybridized carbons (Fsp3) is 0.200. The number of carbonyl (C=O) groups is 1. The standard InChI is InChI=1S/C25H24FN3O7S/c1-2-34-22-5-3-4-17(25(22)31)15-27-28-24(30)16-29(19-8-6-18(26)7-9-19)37(32,33)20-10-11-21-23(14-20)36-13-12-35-21/h3-11,14-15,31H,2,12-13,16H2,1H3,(H,28,30)/b27-15-. The zero-order valence-corrected chi connectivity index (χ0v) is 20.6. The van der Waals surface area contributed by atoms with Gasteiger partial charge < -0.3 is 19.3 Å². The predicted octanol–water partition coefficient (Wildman–Crippen LogP) is 3.05. The fourth-order valence-corrected chi connectivity index (χ4v) is 4.93. The number of phenols is 1. The molecule has 0 radical (unpaired) electrons. The van der Waals surface area contributed by atoms with E-state index >= 15 is 0 Å². The Labute approximate surface area is 212 Å². The van der Waals surface area contributed by atoms with Crippen molar-refractivity contribution < 1.29 is 36.9 Å². The van der Waals surface area contributed by atoms with Crippen LogP contribution in [0, 0.1) is 5.82 Å². The van der Waals surface area contributed by atoms with Gasteiger partial charge in [-0.1, -0.05) is 6.07 Å². The molecule has 0 bridgehead atoms. The van der Waals surface area contributed by atoms with Gasteiger partial charge in [0.15, 0.2) is 23.0 Å². The summed E-state index contributed by atoms with van der Waals surface area (Å²) < 4.78 is 57.7. The van der Waals surface area contributed by atoms with Crippen LogP contribution < -0.4 is 23.9 Å². The highest BCUT2D eigenvalue weighted by molar-refractivity contribution is 7.92. The minimum Gasteiger partial charge on any atom is -0.504 e. The van der Waals surface area contributed by atoms with E-state index < -0.39 is 28.3 Å². The summed E-state index contributed by atoms with van der Waals surface area (Å²) in [5.74, 6) is -0.579. The Bertz CT molecular complexity index is 1410. The van der Waals surface area contributed by atoms with Gasteiger partial charge in [0.1, 0.15) is 25.6 Å². The number of aromatic hydroxyl groups is 1. The number of carbonyl (C=O) groups excluding carboxylic acids is 1. The molecule has 0 spiro atoms. The molecule has 0 atom stereocenters. The molecule has 10 nitrogen and oxygen atoms in total. The number of hydrogen-bond acceptors (Lipinski definition) is 8. The van der Waals surface area contributed by atoms with Gasteiger partial charge in [0.05, 0.1) is 23.4 Å². The second-order valence-electron chi connectivity index (χ2n) is 7.71. The highest BCUT2D eigenvalue weighted by atomic mass is 32.2. The predicted molar refractivity (Wildman–Crippen MR) is 133 cm³/mol. The topological polar surface area (TPSA) is 127 Å². The van der Waals surface area contributed by atoms with Crippen molar-refractivity contribution in [3.8, 4) is 23.0 Å². The molecule has 1 amide bonds. The van der Waals surface area contributed by atoms with Crippen molar-refractivity contribution >= 4 is 27.8 Å². The second-order valence-corrected chi connectivity index (χ2v) is 9.58. The number of nitrogens with one attached hydrogen (secondary N) is 1. The number of benzene rings is 3. The summed E-state index contributed by atoms with van der Waals surface area (Å²) >= 11 is 0. The number of amides is 1. The van der Waals surface area contributed by atoms with Crippen LogP contribution in [-0.2, 0) is 14.8 Å². The normalized spacial score (nSPS) is 12.8. The molecule has 0 unspecified atom stereocenters. The van der Waals surface area contributed by atoms with E-state index in [1.807, 2.05) is 0 Å². The SMILES string of the molecule is CCOc1cccc(/C=N\NC(=O)CN(c2ccc(F)cc2)S(=O)(=O)c2ccc3c(c2)OCCO3)c1O. The van der Waals surface area contributed by atoms with E-state index in [9.17, 15) is 22.7 Å². The molecule has 37 heavy (non-hydrogen) atoms. The largest absolute Gasteiger partial charge is 0.504 e. The maximum atomic E-state index is 13.5. The van der Waals surface area contributed by atoms with Gasteiger partial charge in [-0.05, 0) is 55.5 Å². The quantitative estimate of drug-likeness (QED) is 0.322. The summed E-state index contributed by atoms with van der Waals surface area (Å²) in [6, 6.07) is 13.6. The second kappa shape index (κ2) is 11.2. The van der Waals surface area contributed by atoms with E-state index in [1.54, 1.807) is 25.1 Å². The summed E-state index contributed by atoms with van der Waals surface area (Å²) in [5.41, 5.74) is 2.60. The fourth-order valence-electron chi connectivity index (χ4n) is 3.49. The monoisotopic (exact) mass is 529 g/mol. The first-order valence-electron chi connectivity index (χ1n) is 11.2. The van der Waals surface area contributed by atoms with E-state index in [1.165, 1.54) is 36.5 Å². The van der Waals surface area contributed by atoms with Crippen LogP contribution in [0.5, 0.6) is 23.0 Å². The average Bonchev–Trinajstić information content (AvgIpc) is 2.90. The molecule has 0 fully saturated rings. The minimum atomic E-state index is -4.29. The van der Waals surface area contributed by atoms with Crippen molar-refractivity contribution in [1.29, 1.82) is 0 Å². The Kier molecular flexibility index (Phi) is 7.77. The molecule has 4 rings (SSSR count). The minimum absolute atomic E-state index is 0.0671. The molecule has 1 aliphatic heterocycles. The Morgan fingerprint density at radius 1 is 1.14 bits per heavy atom. The lowest BCUT2D eigenvalue weighted by atomic mass is 10.2. The molecule has 194 valence electrons. The molecular weight excluding hydrogens is 505 g/mol. The summed E-state index contributed by atoms with van der Waals surface area (Å²) in [5, 5.41) is 14.1. The van der Waals surface area contributed by atoms with Crippen LogP contribution in [0.3, 0.4) is 0 Å². The molecule has 3 aromatic carbocycles. The van der Waals surface area contributed by atoms with Gasteiger partial charge in [-0.15, -0.1) is 0 Å². The molecule has 0 saturated heterocycles. The van der Waals surface area contributed by atoms with E-state index in [0.29, 0.717) is 19.0 Å². The van der Waals surface area contributed by atoms with Gasteiger partial charge in [-0.25, -0.2) is 18.2 Å². The average molecular weight is 530 g/mol. The van der Waals surface area contributed by atoms with Crippen LogP contribution in [-0.4, -0.2) is 52.0 Å². The first-order chi connectivity index (χ1) is 17.8. The third-order valence-corrected chi connectivity index (χ3v) is 7.00. The van der Waals surface area contributed by atoms with Crippen molar-refractivity contribution in [2.75, 3.05) is 30.7 Å². The Hall–Kier alpha value is -4.32. The van der Waals surface area contributed by atoms with E-state index in [4.69, 9.17) is 14.2 Å². The maximum absolute atomic E-state index is 13.5. The van der Waals surface area contributed by atoms with Crippen LogP contribution in [0.25, 0.3) is 0 Å². The number of anilines is 1. The number of fused-ring (bicyclic) bond motifs is 1. The van der Waals surface area contributed by atoms with E-state index in [2.05, 4.69) is 10.5 Å². The van der Waals surface area contributed by atoms with Crippen molar-refractivity contribution in [1.82, 2.24) is 5.43 Å². The number of nitrogens with zero attached hydrogens (tertiary/aromatic N) is 2. The summed E-state index contributed by atoms with van der Waals surface area (Å²) in [6.45, 7) is 2.07. The van der Waals surface area contributed by atoms with E-state index in [0.717, 1.165) is 16.4 Å². The van der Waals surface area contributed by atoms with Crippen molar-refractivity contribution in [2.24, 2.45) is 5.10 Å². The van der Waals surface area contributed by atoms with Gasteiger partial charge in [0.25, 0.3) is 15.9 Å². The molecule has 2 N–H and O–H groups in total. The Morgan fingerprint density at radius 2 is 1.86 bits per heavy atom. The Morgan fingerprint density at radius 3 is 2.59 bits per heavy atom. The molecule has 1 heterocycles. The number of hydrazone groups is 1. The lowest BCUT2D eigenvalue weighted by Crippen LogP contribution is -2.39. The number of phenolic OH excluding ortho intramolecular Hbond substituents is 1. The zero-order valence-electron chi connectivity index (χ0n) is 19.8. The zero-order chi connectivity index (χ0) is 26.4. The summed E-state index contributed by atoms with van der Waals surface area (Å²) in [4.78, 5) is 12.6. The number of sulfonamides is 1. The van der Waals surface area contributed by atoms with Crippen LogP contribution in [0.15, 0.2) is 70.7 Å². The number of rotatable bonds is 9. The van der Waals surface area contributed by atoms with Crippen LogP contribution in [0.4, 0.5) is 10.1 Å². The third kappa shape index (κ3) is 5.92. The smallest absolute Gasteiger partial charge is 0.264 e. The molecular formula is C25H24FN3O7S. The highest BCUT2D eigenvalue weighted by Crippen LogP contribution is 2.34. The third-order valence-electron chi connectivity index (χ3n) is 5.23. The molecule has 0 aliphatic carbocycles. The van der Waals surface area contributed by atoms with Gasteiger partial charge in [-0.3, -0.25) is 9.10 Å². The van der Waals surface area contributed by atoms with Crippen molar-refractivity contribution in [2.45, 2.75) is 11.8 Å². The van der Waals surface area contributed by atoms with Crippen molar-refractivity contribution in [3.63, 3.8) is 0 Å². The van der Waals surface area contributed by atoms with Gasteiger partial charge >= 0.3 is 0 Å². The van der Waals surface area contributed by atoms with Gasteiger partial charge in [0.2, 0.25) is 0 Å².